The van der Waals surface area contributed by atoms with Crippen molar-refractivity contribution in [3.63, 3.8) is 0 Å². The average Bonchev–Trinajstić information content (AvgIpc) is 2.69. The van der Waals surface area contributed by atoms with Crippen molar-refractivity contribution < 1.29 is 9.59 Å². The number of benzene rings is 2. The van der Waals surface area contributed by atoms with Gasteiger partial charge in [-0.3, -0.25) is 14.6 Å². The number of pyridine rings is 1. The summed E-state index contributed by atoms with van der Waals surface area (Å²) in [6.45, 7) is 0. The number of hydrogen-bond donors (Lipinski definition) is 0. The molecule has 0 aliphatic carbocycles. The van der Waals surface area contributed by atoms with Gasteiger partial charge >= 0.3 is 0 Å². The van der Waals surface area contributed by atoms with Crippen molar-refractivity contribution >= 4 is 17.1 Å². The van der Waals surface area contributed by atoms with Crippen LogP contribution >= 0.6 is 0 Å². The van der Waals surface area contributed by atoms with Crippen molar-refractivity contribution in [1.29, 1.82) is 0 Å². The van der Waals surface area contributed by atoms with Crippen molar-refractivity contribution in [3.8, 4) is 0 Å². The lowest BCUT2D eigenvalue weighted by molar-refractivity contribution is 0.0998. The number of carbonyl (C=O) groups is 2. The molecule has 0 bridgehead atoms. The van der Waals surface area contributed by atoms with E-state index in [2.05, 4.69) is 4.98 Å². The van der Waals surface area contributed by atoms with Gasteiger partial charge in [-0.2, -0.15) is 0 Å². The fourth-order valence-corrected chi connectivity index (χ4v) is 2.54. The quantitative estimate of drug-likeness (QED) is 0.490. The second kappa shape index (κ2) is 7.97. The van der Waals surface area contributed by atoms with Crippen LogP contribution in [-0.4, -0.2) is 16.6 Å². The first-order valence-corrected chi connectivity index (χ1v) is 8.02. The molecule has 0 fully saturated rings. The van der Waals surface area contributed by atoms with Crippen LogP contribution in [0.1, 0.15) is 32.7 Å². The molecule has 0 unspecified atom stereocenters. The van der Waals surface area contributed by atoms with E-state index in [0.717, 1.165) is 5.56 Å². The van der Waals surface area contributed by atoms with E-state index in [1.165, 1.54) is 0 Å². The van der Waals surface area contributed by atoms with E-state index >= 15 is 0 Å². The Kier molecular flexibility index (Phi) is 5.27. The van der Waals surface area contributed by atoms with Gasteiger partial charge in [-0.25, -0.2) is 0 Å². The van der Waals surface area contributed by atoms with Crippen LogP contribution in [0.25, 0.3) is 5.57 Å². The Bertz CT molecular complexity index is 885. The van der Waals surface area contributed by atoms with Gasteiger partial charge in [0.05, 0.1) is 0 Å². The molecule has 1 aromatic heterocycles. The van der Waals surface area contributed by atoms with Crippen LogP contribution in [0, 0.1) is 0 Å². The van der Waals surface area contributed by atoms with E-state index in [-0.39, 0.29) is 18.0 Å². The van der Waals surface area contributed by atoms with E-state index in [0.29, 0.717) is 16.7 Å². The Morgan fingerprint density at radius 3 is 1.96 bits per heavy atom. The summed E-state index contributed by atoms with van der Waals surface area (Å²) in [5, 5.41) is 0. The Hall–Kier alpha value is -3.33. The molecule has 0 N–H and O–H groups in total. The molecule has 0 radical (unpaired) electrons. The molecule has 0 saturated heterocycles. The van der Waals surface area contributed by atoms with Crippen molar-refractivity contribution in [1.82, 2.24) is 4.98 Å². The van der Waals surface area contributed by atoms with Gasteiger partial charge in [-0.05, 0) is 29.3 Å². The van der Waals surface area contributed by atoms with E-state index < -0.39 is 0 Å². The molecule has 25 heavy (non-hydrogen) atoms. The molecule has 0 atom stereocenters. The van der Waals surface area contributed by atoms with Gasteiger partial charge in [0.15, 0.2) is 11.6 Å². The lowest BCUT2D eigenvalue weighted by atomic mass is 9.95. The maximum atomic E-state index is 12.6. The highest BCUT2D eigenvalue weighted by Crippen LogP contribution is 2.21. The van der Waals surface area contributed by atoms with Crippen molar-refractivity contribution in [3.05, 3.63) is 108 Å². The molecule has 3 aromatic rings. The van der Waals surface area contributed by atoms with Crippen molar-refractivity contribution in [2.45, 2.75) is 6.42 Å². The predicted octanol–water partition coefficient (Wildman–Crippen LogP) is 4.62. The van der Waals surface area contributed by atoms with Crippen LogP contribution in [0.3, 0.4) is 0 Å². The number of ketones is 2. The van der Waals surface area contributed by atoms with Gasteiger partial charge in [-0.1, -0.05) is 60.7 Å². The highest BCUT2D eigenvalue weighted by Gasteiger charge is 2.13. The number of allylic oxidation sites excluding steroid dienone is 2. The zero-order valence-electron chi connectivity index (χ0n) is 13.6. The molecule has 3 nitrogen and oxygen atoms in total. The second-order valence-electron chi connectivity index (χ2n) is 5.61. The summed E-state index contributed by atoms with van der Waals surface area (Å²) in [4.78, 5) is 29.1. The van der Waals surface area contributed by atoms with Crippen molar-refractivity contribution in [2.75, 3.05) is 0 Å². The zero-order chi connectivity index (χ0) is 17.5. The fourth-order valence-electron chi connectivity index (χ4n) is 2.54. The number of aromatic nitrogens is 1. The first kappa shape index (κ1) is 16.5. The first-order valence-electron chi connectivity index (χ1n) is 8.02. The highest BCUT2D eigenvalue weighted by molar-refractivity contribution is 6.11. The van der Waals surface area contributed by atoms with Crippen LogP contribution in [0.15, 0.2) is 91.3 Å². The molecule has 0 spiro atoms. The predicted molar refractivity (Wildman–Crippen MR) is 98.4 cm³/mol. The van der Waals surface area contributed by atoms with Gasteiger partial charge < -0.3 is 0 Å². The smallest absolute Gasteiger partial charge is 0.186 e. The van der Waals surface area contributed by atoms with Crippen LogP contribution in [0.4, 0.5) is 0 Å². The minimum atomic E-state index is -0.113. The molecule has 3 rings (SSSR count). The maximum Gasteiger partial charge on any atom is 0.186 e. The van der Waals surface area contributed by atoms with Crippen molar-refractivity contribution in [2.24, 2.45) is 0 Å². The normalized spacial score (nSPS) is 11.1. The highest BCUT2D eigenvalue weighted by atomic mass is 16.1. The number of rotatable bonds is 6. The number of Topliss-reactive ketones (excluding diaryl/α,β-unsaturated/α-hetero) is 1. The van der Waals surface area contributed by atoms with Crippen LogP contribution in [0.5, 0.6) is 0 Å². The lowest BCUT2D eigenvalue weighted by Crippen LogP contribution is -2.03. The summed E-state index contributed by atoms with van der Waals surface area (Å²) in [7, 11) is 0. The van der Waals surface area contributed by atoms with Crippen LogP contribution in [0.2, 0.25) is 0 Å². The summed E-state index contributed by atoms with van der Waals surface area (Å²) in [6, 6.07) is 22.0. The molecule has 2 aromatic carbocycles. The third kappa shape index (κ3) is 4.36. The first-order chi connectivity index (χ1) is 12.2. The molecular formula is C22H17NO2. The van der Waals surface area contributed by atoms with Gasteiger partial charge in [0.1, 0.15) is 0 Å². The van der Waals surface area contributed by atoms with E-state index in [1.54, 1.807) is 42.7 Å². The summed E-state index contributed by atoms with van der Waals surface area (Å²) >= 11 is 0. The largest absolute Gasteiger partial charge is 0.294 e. The Morgan fingerprint density at radius 2 is 1.36 bits per heavy atom. The molecule has 122 valence electrons. The molecule has 0 amide bonds. The Labute approximate surface area is 146 Å². The third-order valence-corrected chi connectivity index (χ3v) is 3.84. The maximum absolute atomic E-state index is 12.6. The topological polar surface area (TPSA) is 47.0 Å². The van der Waals surface area contributed by atoms with E-state index in [9.17, 15) is 9.59 Å². The summed E-state index contributed by atoms with van der Waals surface area (Å²) < 4.78 is 0. The zero-order valence-corrected chi connectivity index (χ0v) is 13.6. The average molecular weight is 327 g/mol. The summed E-state index contributed by atoms with van der Waals surface area (Å²) in [5.74, 6) is -0.178. The van der Waals surface area contributed by atoms with E-state index in [4.69, 9.17) is 0 Å². The van der Waals surface area contributed by atoms with Crippen LogP contribution in [-0.2, 0) is 0 Å². The van der Waals surface area contributed by atoms with Crippen LogP contribution < -0.4 is 0 Å². The molecule has 0 saturated carbocycles. The standard InChI is InChI=1S/C22H17NO2/c24-21(18-10-5-2-6-11-18)14-20(17-8-3-1-4-9-17)15-22(25)19-12-7-13-23-16-19/h1-14,16H,15H2. The molecule has 0 aliphatic heterocycles. The minimum Gasteiger partial charge on any atom is -0.294 e. The SMILES string of the molecule is O=C(C=C(CC(=O)c1cccnc1)c1ccccc1)c1ccccc1. The van der Waals surface area contributed by atoms with Gasteiger partial charge in [-0.15, -0.1) is 0 Å². The van der Waals surface area contributed by atoms with Gasteiger partial charge in [0.2, 0.25) is 0 Å². The molecule has 3 heteroatoms. The molecular weight excluding hydrogens is 310 g/mol. The summed E-state index contributed by atoms with van der Waals surface area (Å²) in [6.07, 6.45) is 4.88. The molecule has 1 heterocycles. The number of hydrogen-bond acceptors (Lipinski definition) is 3. The lowest BCUT2D eigenvalue weighted by Gasteiger charge is -2.08. The monoisotopic (exact) mass is 327 g/mol. The fraction of sp³-hybridized carbons (Fsp3) is 0.0455. The van der Waals surface area contributed by atoms with Gasteiger partial charge in [0.25, 0.3) is 0 Å². The third-order valence-electron chi connectivity index (χ3n) is 3.84. The number of carbonyl (C=O) groups excluding carboxylic acids is 2. The Morgan fingerprint density at radius 1 is 0.760 bits per heavy atom. The van der Waals surface area contributed by atoms with Gasteiger partial charge in [0, 0.05) is 29.9 Å². The van der Waals surface area contributed by atoms with E-state index in [1.807, 2.05) is 48.5 Å². The number of nitrogens with zero attached hydrogens (tertiary/aromatic N) is 1. The minimum absolute atomic E-state index is 0.0657. The second-order valence-corrected chi connectivity index (χ2v) is 5.61. The molecule has 0 aliphatic rings. The Balaban J connectivity index is 1.92. The summed E-state index contributed by atoms with van der Waals surface area (Å²) in [5.41, 5.74) is 2.70.